The van der Waals surface area contributed by atoms with Crippen LogP contribution in [0.4, 0.5) is 0 Å². The lowest BCUT2D eigenvalue weighted by Crippen LogP contribution is -2.46. The molecule has 0 saturated heterocycles. The zero-order chi connectivity index (χ0) is 15.2. The van der Waals surface area contributed by atoms with E-state index in [0.29, 0.717) is 6.04 Å². The summed E-state index contributed by atoms with van der Waals surface area (Å²) in [5.41, 5.74) is 2.70. The van der Waals surface area contributed by atoms with Gasteiger partial charge in [-0.05, 0) is 48.5 Å². The summed E-state index contributed by atoms with van der Waals surface area (Å²) < 4.78 is 0. The monoisotopic (exact) mass is 304 g/mol. The Morgan fingerprint density at radius 2 is 1.81 bits per heavy atom. The molecule has 1 N–H and O–H groups in total. The van der Waals surface area contributed by atoms with Gasteiger partial charge in [0.1, 0.15) is 0 Å². The number of nitrogens with zero attached hydrogens (tertiary/aromatic N) is 1. The van der Waals surface area contributed by atoms with Crippen LogP contribution in [0, 0.1) is 5.92 Å². The molecule has 3 heteroatoms. The lowest BCUT2D eigenvalue weighted by molar-refractivity contribution is 0.300. The van der Waals surface area contributed by atoms with Crippen LogP contribution in [0.1, 0.15) is 50.7 Å². The number of aryl methyl sites for hydroxylation is 1. The molecule has 1 aliphatic rings. The normalized spacial score (nSPS) is 21.9. The Kier molecular flexibility index (Phi) is 6.04. The summed E-state index contributed by atoms with van der Waals surface area (Å²) in [6.45, 7) is 5.39. The number of nitrogens with one attached hydrogen (secondary N) is 1. The van der Waals surface area contributed by atoms with E-state index in [-0.39, 0.29) is 0 Å². The molecule has 1 aromatic carbocycles. The third-order valence-electron chi connectivity index (χ3n) is 4.62. The van der Waals surface area contributed by atoms with Gasteiger partial charge in [0.2, 0.25) is 0 Å². The Morgan fingerprint density at radius 3 is 2.43 bits per heavy atom. The van der Waals surface area contributed by atoms with Crippen LogP contribution in [0.15, 0.2) is 24.3 Å². The van der Waals surface area contributed by atoms with E-state index >= 15 is 0 Å². The van der Waals surface area contributed by atoms with Crippen molar-refractivity contribution in [2.45, 2.75) is 58.5 Å². The van der Waals surface area contributed by atoms with Gasteiger partial charge in [0.15, 0.2) is 5.11 Å². The van der Waals surface area contributed by atoms with Gasteiger partial charge in [0.25, 0.3) is 0 Å². The summed E-state index contributed by atoms with van der Waals surface area (Å²) in [6.07, 6.45) is 6.36. The molecule has 0 heterocycles. The number of thiocarbonyl (C=S) groups is 1. The molecule has 0 aliphatic heterocycles. The molecule has 0 aromatic heterocycles. The highest BCUT2D eigenvalue weighted by Crippen LogP contribution is 2.23. The molecule has 0 unspecified atom stereocenters. The van der Waals surface area contributed by atoms with Gasteiger partial charge in [0, 0.05) is 19.6 Å². The van der Waals surface area contributed by atoms with Gasteiger partial charge in [-0.1, -0.05) is 51.0 Å². The van der Waals surface area contributed by atoms with Crippen molar-refractivity contribution < 1.29 is 0 Å². The van der Waals surface area contributed by atoms with Gasteiger partial charge < -0.3 is 10.2 Å². The molecule has 2 nitrogen and oxygen atoms in total. The molecule has 2 rings (SSSR count). The van der Waals surface area contributed by atoms with E-state index in [1.807, 2.05) is 0 Å². The molecular weight excluding hydrogens is 276 g/mol. The Balaban J connectivity index is 1.86. The maximum atomic E-state index is 5.57. The minimum atomic E-state index is 0.552. The molecule has 0 radical (unpaired) electrons. The minimum absolute atomic E-state index is 0.552. The Hall–Kier alpha value is -1.09. The average molecular weight is 305 g/mol. The lowest BCUT2D eigenvalue weighted by Gasteiger charge is -2.33. The molecule has 1 saturated carbocycles. The van der Waals surface area contributed by atoms with Crippen LogP contribution in [0.5, 0.6) is 0 Å². The molecule has 1 aromatic rings. The Morgan fingerprint density at radius 1 is 1.19 bits per heavy atom. The second-order valence-electron chi connectivity index (χ2n) is 6.34. The van der Waals surface area contributed by atoms with Crippen LogP contribution in [-0.4, -0.2) is 23.1 Å². The molecule has 1 fully saturated rings. The van der Waals surface area contributed by atoms with Crippen LogP contribution < -0.4 is 5.32 Å². The third kappa shape index (κ3) is 4.70. The first-order valence-electron chi connectivity index (χ1n) is 8.19. The standard InChI is InChI=1S/C18H28N2S/c1-4-15-9-11-16(12-10-15)13-20(3)18(21)19-17-8-6-5-7-14(17)2/h9-12,14,17H,4-8,13H2,1-3H3,(H,19,21)/t14-,17+/m0/s1. The summed E-state index contributed by atoms with van der Waals surface area (Å²) in [5.74, 6) is 0.730. The fourth-order valence-corrected chi connectivity index (χ4v) is 3.24. The van der Waals surface area contributed by atoms with E-state index in [1.54, 1.807) is 0 Å². The topological polar surface area (TPSA) is 15.3 Å². The Bertz CT molecular complexity index is 455. The molecule has 2 atom stereocenters. The zero-order valence-electron chi connectivity index (χ0n) is 13.6. The quantitative estimate of drug-likeness (QED) is 0.842. The maximum Gasteiger partial charge on any atom is 0.169 e. The largest absolute Gasteiger partial charge is 0.360 e. The van der Waals surface area contributed by atoms with Gasteiger partial charge >= 0.3 is 0 Å². The van der Waals surface area contributed by atoms with Crippen LogP contribution in [0.2, 0.25) is 0 Å². The highest BCUT2D eigenvalue weighted by atomic mass is 32.1. The first-order valence-corrected chi connectivity index (χ1v) is 8.60. The molecule has 0 bridgehead atoms. The number of rotatable bonds is 4. The van der Waals surface area contributed by atoms with E-state index in [4.69, 9.17) is 12.2 Å². The average Bonchev–Trinajstić information content (AvgIpc) is 2.50. The Labute approximate surface area is 134 Å². The van der Waals surface area contributed by atoms with Crippen molar-refractivity contribution in [3.05, 3.63) is 35.4 Å². The molecule has 0 amide bonds. The lowest BCUT2D eigenvalue weighted by atomic mass is 9.86. The third-order valence-corrected chi connectivity index (χ3v) is 5.05. The van der Waals surface area contributed by atoms with E-state index in [2.05, 4.69) is 55.4 Å². The predicted octanol–water partition coefficient (Wildman–Crippen LogP) is 4.13. The number of hydrogen-bond donors (Lipinski definition) is 1. The van der Waals surface area contributed by atoms with Crippen LogP contribution in [-0.2, 0) is 13.0 Å². The van der Waals surface area contributed by atoms with Gasteiger partial charge in [0.05, 0.1) is 0 Å². The summed E-state index contributed by atoms with van der Waals surface area (Å²) in [7, 11) is 2.08. The minimum Gasteiger partial charge on any atom is -0.360 e. The van der Waals surface area contributed by atoms with Gasteiger partial charge in [-0.15, -0.1) is 0 Å². The van der Waals surface area contributed by atoms with Gasteiger partial charge in [-0.2, -0.15) is 0 Å². The van der Waals surface area contributed by atoms with Gasteiger partial charge in [-0.3, -0.25) is 0 Å². The number of hydrogen-bond acceptors (Lipinski definition) is 1. The van der Waals surface area contributed by atoms with Crippen molar-refractivity contribution >= 4 is 17.3 Å². The first kappa shape index (κ1) is 16.3. The zero-order valence-corrected chi connectivity index (χ0v) is 14.4. The fraction of sp³-hybridized carbons (Fsp3) is 0.611. The van der Waals surface area contributed by atoms with E-state index in [1.165, 1.54) is 36.8 Å². The smallest absolute Gasteiger partial charge is 0.169 e. The highest BCUT2D eigenvalue weighted by Gasteiger charge is 2.22. The second-order valence-corrected chi connectivity index (χ2v) is 6.73. The molecule has 0 spiro atoms. The summed E-state index contributed by atoms with van der Waals surface area (Å²) >= 11 is 5.57. The van der Waals surface area contributed by atoms with Crippen LogP contribution in [0.3, 0.4) is 0 Å². The van der Waals surface area contributed by atoms with E-state index in [9.17, 15) is 0 Å². The molecule has 21 heavy (non-hydrogen) atoms. The van der Waals surface area contributed by atoms with Crippen molar-refractivity contribution in [1.82, 2.24) is 10.2 Å². The summed E-state index contributed by atoms with van der Waals surface area (Å²) in [4.78, 5) is 2.15. The van der Waals surface area contributed by atoms with Crippen molar-refractivity contribution in [3.8, 4) is 0 Å². The SMILES string of the molecule is CCc1ccc(CN(C)C(=S)N[C@@H]2CCCC[C@@H]2C)cc1. The van der Waals surface area contributed by atoms with Gasteiger partial charge in [-0.25, -0.2) is 0 Å². The summed E-state index contributed by atoms with van der Waals surface area (Å²) in [5, 5.41) is 4.45. The van der Waals surface area contributed by atoms with E-state index < -0.39 is 0 Å². The van der Waals surface area contributed by atoms with E-state index in [0.717, 1.165) is 24.0 Å². The maximum absolute atomic E-state index is 5.57. The summed E-state index contributed by atoms with van der Waals surface area (Å²) in [6, 6.07) is 9.39. The van der Waals surface area contributed by atoms with Crippen molar-refractivity contribution in [2.75, 3.05) is 7.05 Å². The van der Waals surface area contributed by atoms with Crippen molar-refractivity contribution in [2.24, 2.45) is 5.92 Å². The first-order chi connectivity index (χ1) is 10.1. The molecular formula is C18H28N2S. The van der Waals surface area contributed by atoms with Crippen LogP contribution >= 0.6 is 12.2 Å². The van der Waals surface area contributed by atoms with Crippen molar-refractivity contribution in [1.29, 1.82) is 0 Å². The van der Waals surface area contributed by atoms with Crippen LogP contribution in [0.25, 0.3) is 0 Å². The fourth-order valence-electron chi connectivity index (χ4n) is 3.03. The molecule has 116 valence electrons. The number of benzene rings is 1. The second kappa shape index (κ2) is 7.79. The molecule has 1 aliphatic carbocycles. The van der Waals surface area contributed by atoms with Crippen molar-refractivity contribution in [3.63, 3.8) is 0 Å². The highest BCUT2D eigenvalue weighted by molar-refractivity contribution is 7.80. The predicted molar refractivity (Wildman–Crippen MR) is 94.4 cm³/mol.